The second kappa shape index (κ2) is 9.30. The molecular formula is C36H29F2NO3. The van der Waals surface area contributed by atoms with Crippen molar-refractivity contribution in [3.8, 4) is 0 Å². The highest BCUT2D eigenvalue weighted by Crippen LogP contribution is 2.65. The van der Waals surface area contributed by atoms with Gasteiger partial charge in [-0.2, -0.15) is 0 Å². The van der Waals surface area contributed by atoms with Crippen LogP contribution in [0, 0.1) is 17.0 Å². The SMILES string of the molecule is CC1(C)c2cc(N(c3ccccc3)c3ccccc3)ccc2C2OC(C=C3C(=O)c4cc(F)c(F)cc4C3=O)CC21C. The first-order valence-electron chi connectivity index (χ1n) is 14.1. The predicted molar refractivity (Wildman–Crippen MR) is 158 cm³/mol. The molecule has 4 aromatic carbocycles. The van der Waals surface area contributed by atoms with Gasteiger partial charge in [0.15, 0.2) is 23.2 Å². The van der Waals surface area contributed by atoms with Crippen LogP contribution in [0.15, 0.2) is 103 Å². The lowest BCUT2D eigenvalue weighted by Gasteiger charge is -2.38. The van der Waals surface area contributed by atoms with Crippen molar-refractivity contribution in [2.45, 2.75) is 44.8 Å². The number of carbonyl (C=O) groups excluding carboxylic acids is 2. The van der Waals surface area contributed by atoms with Crippen molar-refractivity contribution >= 4 is 28.6 Å². The molecule has 0 amide bonds. The van der Waals surface area contributed by atoms with E-state index in [-0.39, 0.29) is 33.6 Å². The molecule has 3 unspecified atom stereocenters. The van der Waals surface area contributed by atoms with Crippen LogP contribution in [0.5, 0.6) is 0 Å². The fourth-order valence-electron chi connectivity index (χ4n) is 7.01. The van der Waals surface area contributed by atoms with Gasteiger partial charge >= 0.3 is 0 Å². The summed E-state index contributed by atoms with van der Waals surface area (Å²) in [7, 11) is 0. The smallest absolute Gasteiger partial charge is 0.197 e. The van der Waals surface area contributed by atoms with Crippen molar-refractivity contribution in [3.05, 3.63) is 137 Å². The van der Waals surface area contributed by atoms with Gasteiger partial charge in [0.05, 0.1) is 17.8 Å². The molecule has 0 spiro atoms. The second-order valence-corrected chi connectivity index (χ2v) is 12.1. The topological polar surface area (TPSA) is 46.6 Å². The number of hydrogen-bond acceptors (Lipinski definition) is 4. The van der Waals surface area contributed by atoms with E-state index in [1.54, 1.807) is 6.08 Å². The van der Waals surface area contributed by atoms with Gasteiger partial charge < -0.3 is 9.64 Å². The van der Waals surface area contributed by atoms with Crippen molar-refractivity contribution in [2.24, 2.45) is 5.41 Å². The molecule has 0 N–H and O–H groups in total. The van der Waals surface area contributed by atoms with Gasteiger partial charge in [0, 0.05) is 33.6 Å². The van der Waals surface area contributed by atoms with E-state index in [0.29, 0.717) is 6.42 Å². The summed E-state index contributed by atoms with van der Waals surface area (Å²) < 4.78 is 34.2. The number of nitrogens with zero attached hydrogens (tertiary/aromatic N) is 1. The third-order valence-electron chi connectivity index (χ3n) is 9.61. The van der Waals surface area contributed by atoms with Crippen LogP contribution in [0.1, 0.15) is 65.1 Å². The van der Waals surface area contributed by atoms with Crippen LogP contribution in [-0.2, 0) is 10.2 Å². The summed E-state index contributed by atoms with van der Waals surface area (Å²) in [5.74, 6) is -3.48. The largest absolute Gasteiger partial charge is 0.366 e. The zero-order chi connectivity index (χ0) is 29.4. The number of fused-ring (bicyclic) bond motifs is 4. The summed E-state index contributed by atoms with van der Waals surface area (Å²) in [4.78, 5) is 28.3. The maximum Gasteiger partial charge on any atom is 0.197 e. The molecule has 6 heteroatoms. The highest BCUT2D eigenvalue weighted by atomic mass is 19.2. The Labute approximate surface area is 243 Å². The van der Waals surface area contributed by atoms with Gasteiger partial charge in [0.1, 0.15) is 0 Å². The van der Waals surface area contributed by atoms with Crippen molar-refractivity contribution in [1.82, 2.24) is 0 Å². The summed E-state index contributed by atoms with van der Waals surface area (Å²) in [6, 6.07) is 28.6. The van der Waals surface area contributed by atoms with Gasteiger partial charge in [-0.25, -0.2) is 8.78 Å². The van der Waals surface area contributed by atoms with Gasteiger partial charge in [0.25, 0.3) is 0 Å². The third-order valence-corrected chi connectivity index (χ3v) is 9.61. The lowest BCUT2D eigenvalue weighted by molar-refractivity contribution is 0.0224. The number of halogens is 2. The molecule has 1 fully saturated rings. The van der Waals surface area contributed by atoms with Gasteiger partial charge in [-0.05, 0) is 77.6 Å². The second-order valence-electron chi connectivity index (χ2n) is 12.1. The van der Waals surface area contributed by atoms with Gasteiger partial charge in [0.2, 0.25) is 0 Å². The Morgan fingerprint density at radius 1 is 0.762 bits per heavy atom. The Morgan fingerprint density at radius 3 is 1.86 bits per heavy atom. The van der Waals surface area contributed by atoms with Crippen LogP contribution >= 0.6 is 0 Å². The molecule has 2 aliphatic carbocycles. The first-order chi connectivity index (χ1) is 20.1. The van der Waals surface area contributed by atoms with E-state index in [0.717, 1.165) is 34.8 Å². The molecule has 0 aromatic heterocycles. The lowest BCUT2D eigenvalue weighted by atomic mass is 9.65. The Kier molecular flexibility index (Phi) is 5.86. The molecule has 4 aromatic rings. The number of ether oxygens (including phenoxy) is 1. The summed E-state index contributed by atoms with van der Waals surface area (Å²) in [5.41, 5.74) is 4.53. The molecule has 0 saturated carbocycles. The van der Waals surface area contributed by atoms with Gasteiger partial charge in [-0.1, -0.05) is 63.2 Å². The molecule has 0 radical (unpaired) electrons. The number of para-hydroxylation sites is 2. The maximum atomic E-state index is 13.8. The van der Waals surface area contributed by atoms with Crippen LogP contribution in [0.4, 0.5) is 25.8 Å². The zero-order valence-electron chi connectivity index (χ0n) is 23.5. The summed E-state index contributed by atoms with van der Waals surface area (Å²) >= 11 is 0. The van der Waals surface area contributed by atoms with Crippen LogP contribution < -0.4 is 4.90 Å². The minimum Gasteiger partial charge on any atom is -0.366 e. The van der Waals surface area contributed by atoms with Gasteiger partial charge in [-0.3, -0.25) is 9.59 Å². The maximum absolute atomic E-state index is 13.8. The van der Waals surface area contributed by atoms with Crippen LogP contribution in [-0.4, -0.2) is 17.7 Å². The number of benzene rings is 4. The number of rotatable bonds is 4. The first-order valence-corrected chi connectivity index (χ1v) is 14.1. The fraction of sp³-hybridized carbons (Fsp3) is 0.222. The average molecular weight is 562 g/mol. The van der Waals surface area contributed by atoms with E-state index in [9.17, 15) is 18.4 Å². The summed E-state index contributed by atoms with van der Waals surface area (Å²) in [6.45, 7) is 6.63. The van der Waals surface area contributed by atoms with E-state index in [4.69, 9.17) is 4.74 Å². The molecular weight excluding hydrogens is 532 g/mol. The van der Waals surface area contributed by atoms with E-state index >= 15 is 0 Å². The highest BCUT2D eigenvalue weighted by Gasteiger charge is 2.60. The summed E-state index contributed by atoms with van der Waals surface area (Å²) in [5, 5.41) is 0. The average Bonchev–Trinajstić information content (AvgIpc) is 3.50. The molecule has 1 heterocycles. The lowest BCUT2D eigenvalue weighted by Crippen LogP contribution is -2.35. The molecule has 3 atom stereocenters. The Hall–Kier alpha value is -4.42. The third kappa shape index (κ3) is 3.75. The van der Waals surface area contributed by atoms with Crippen molar-refractivity contribution in [2.75, 3.05) is 4.90 Å². The molecule has 1 aliphatic heterocycles. The molecule has 0 bridgehead atoms. The van der Waals surface area contributed by atoms with Gasteiger partial charge in [-0.15, -0.1) is 0 Å². The zero-order valence-corrected chi connectivity index (χ0v) is 23.5. The number of carbonyl (C=O) groups is 2. The van der Waals surface area contributed by atoms with Crippen molar-refractivity contribution in [3.63, 3.8) is 0 Å². The highest BCUT2D eigenvalue weighted by molar-refractivity contribution is 6.39. The van der Waals surface area contributed by atoms with Crippen LogP contribution in [0.2, 0.25) is 0 Å². The minimum atomic E-state index is -1.15. The molecule has 3 aliphatic rings. The number of anilines is 3. The predicted octanol–water partition coefficient (Wildman–Crippen LogP) is 8.57. The van der Waals surface area contributed by atoms with E-state index in [1.807, 2.05) is 36.4 Å². The molecule has 7 rings (SSSR count). The Bertz CT molecular complexity index is 1720. The van der Waals surface area contributed by atoms with E-state index in [1.165, 1.54) is 5.56 Å². The molecule has 4 nitrogen and oxygen atoms in total. The monoisotopic (exact) mass is 561 g/mol. The Balaban J connectivity index is 1.24. The van der Waals surface area contributed by atoms with Crippen LogP contribution in [0.3, 0.4) is 0 Å². The van der Waals surface area contributed by atoms with E-state index < -0.39 is 29.3 Å². The molecule has 42 heavy (non-hydrogen) atoms. The minimum absolute atomic E-state index is 0.0849. The quantitative estimate of drug-likeness (QED) is 0.185. The van der Waals surface area contributed by atoms with Crippen molar-refractivity contribution < 1.29 is 23.1 Å². The fourth-order valence-corrected chi connectivity index (χ4v) is 7.01. The normalized spacial score (nSPS) is 23.5. The Morgan fingerprint density at radius 2 is 1.31 bits per heavy atom. The standard InChI is InChI=1S/C36H29F2NO3/c1-35(2)29-16-23(39(21-10-6-4-7-11-21)22-12-8-5-9-13-22)14-15-25(29)34-36(35,3)20-24(42-34)17-28-32(40)26-18-30(37)31(38)19-27(26)33(28)41/h4-19,24,34H,20H2,1-3H3. The molecule has 1 saturated heterocycles. The summed E-state index contributed by atoms with van der Waals surface area (Å²) in [6.07, 6.45) is 1.40. The number of hydrogen-bond donors (Lipinski definition) is 0. The number of ketones is 2. The van der Waals surface area contributed by atoms with Crippen LogP contribution in [0.25, 0.3) is 0 Å². The van der Waals surface area contributed by atoms with Crippen molar-refractivity contribution in [1.29, 1.82) is 0 Å². The number of allylic oxidation sites excluding steroid dienone is 1. The molecule has 210 valence electrons. The first kappa shape index (κ1) is 26.5. The van der Waals surface area contributed by atoms with E-state index in [2.05, 4.69) is 68.1 Å². The number of Topliss-reactive ketones (excluding diaryl/α,β-unsaturated/α-hetero) is 2.